The number of aryl methyl sites for hydroxylation is 1. The fourth-order valence-electron chi connectivity index (χ4n) is 3.61. The van der Waals surface area contributed by atoms with Gasteiger partial charge in [-0.15, -0.1) is 0 Å². The molecule has 0 unspecified atom stereocenters. The van der Waals surface area contributed by atoms with Gasteiger partial charge in [0, 0.05) is 16.1 Å². The third-order valence-corrected chi connectivity index (χ3v) is 5.86. The number of carbonyl (C=O) groups is 2. The molecular formula is C28H23ClN2O5. The number of benzene rings is 3. The quantitative estimate of drug-likeness (QED) is 0.257. The summed E-state index contributed by atoms with van der Waals surface area (Å²) in [4.78, 5) is 24.0. The van der Waals surface area contributed by atoms with Crippen molar-refractivity contribution in [3.63, 3.8) is 0 Å². The van der Waals surface area contributed by atoms with Crippen molar-refractivity contribution < 1.29 is 23.6 Å². The summed E-state index contributed by atoms with van der Waals surface area (Å²) in [5, 5.41) is 9.06. The largest absolute Gasteiger partial charge is 0.469 e. The van der Waals surface area contributed by atoms with Crippen LogP contribution in [-0.4, -0.2) is 24.3 Å². The van der Waals surface area contributed by atoms with Crippen LogP contribution in [0.1, 0.15) is 41.2 Å². The SMILES string of the molecule is COC(=O)Cc1ccc2cc(C#Cc3onc(C)c3NC(=O)O[C@H](C)c3ccccc3Cl)ccc2c1. The first-order valence-corrected chi connectivity index (χ1v) is 11.5. The number of ether oxygens (including phenoxy) is 2. The van der Waals surface area contributed by atoms with Crippen molar-refractivity contribution in [3.8, 4) is 11.8 Å². The molecule has 0 aliphatic heterocycles. The van der Waals surface area contributed by atoms with Crippen LogP contribution in [0.4, 0.5) is 10.5 Å². The maximum Gasteiger partial charge on any atom is 0.412 e. The van der Waals surface area contributed by atoms with Crippen molar-refractivity contribution >= 4 is 40.1 Å². The molecule has 3 aromatic carbocycles. The van der Waals surface area contributed by atoms with E-state index in [0.29, 0.717) is 22.0 Å². The zero-order valence-corrected chi connectivity index (χ0v) is 20.7. The Morgan fingerprint density at radius 1 is 1.08 bits per heavy atom. The molecule has 1 heterocycles. The van der Waals surface area contributed by atoms with Crippen molar-refractivity contribution in [2.75, 3.05) is 12.4 Å². The summed E-state index contributed by atoms with van der Waals surface area (Å²) in [6, 6.07) is 18.7. The first-order valence-electron chi connectivity index (χ1n) is 11.1. The minimum absolute atomic E-state index is 0.211. The highest BCUT2D eigenvalue weighted by molar-refractivity contribution is 6.31. The van der Waals surface area contributed by atoms with E-state index in [0.717, 1.165) is 21.9 Å². The van der Waals surface area contributed by atoms with E-state index in [1.54, 1.807) is 26.0 Å². The number of methoxy groups -OCH3 is 1. The molecule has 1 N–H and O–H groups in total. The summed E-state index contributed by atoms with van der Waals surface area (Å²) < 4.78 is 15.5. The van der Waals surface area contributed by atoms with E-state index in [1.165, 1.54) is 7.11 Å². The van der Waals surface area contributed by atoms with Crippen LogP contribution in [0.15, 0.2) is 65.2 Å². The third kappa shape index (κ3) is 5.85. The number of esters is 1. The van der Waals surface area contributed by atoms with Gasteiger partial charge >= 0.3 is 12.1 Å². The van der Waals surface area contributed by atoms with E-state index in [4.69, 9.17) is 25.6 Å². The monoisotopic (exact) mass is 502 g/mol. The maximum absolute atomic E-state index is 12.5. The molecule has 8 heteroatoms. The van der Waals surface area contributed by atoms with Crippen LogP contribution in [0.25, 0.3) is 10.8 Å². The van der Waals surface area contributed by atoms with Crippen molar-refractivity contribution in [2.24, 2.45) is 0 Å². The fraction of sp³-hybridized carbons (Fsp3) is 0.179. The topological polar surface area (TPSA) is 90.7 Å². The molecule has 0 spiro atoms. The first-order chi connectivity index (χ1) is 17.3. The smallest absolute Gasteiger partial charge is 0.412 e. The summed E-state index contributed by atoms with van der Waals surface area (Å²) in [6.45, 7) is 3.43. The summed E-state index contributed by atoms with van der Waals surface area (Å²) in [6.07, 6.45) is -1.02. The first kappa shape index (κ1) is 24.8. The molecular weight excluding hydrogens is 480 g/mol. The number of rotatable bonds is 5. The number of carbonyl (C=O) groups excluding carboxylic acids is 2. The molecule has 1 aromatic heterocycles. The zero-order valence-electron chi connectivity index (χ0n) is 19.9. The summed E-state index contributed by atoms with van der Waals surface area (Å²) >= 11 is 6.19. The van der Waals surface area contributed by atoms with Gasteiger partial charge < -0.3 is 14.0 Å². The number of halogens is 1. The molecule has 0 saturated carbocycles. The third-order valence-electron chi connectivity index (χ3n) is 5.52. The number of hydrogen-bond donors (Lipinski definition) is 1. The minimum atomic E-state index is -0.676. The van der Waals surface area contributed by atoms with Gasteiger partial charge in [0.1, 0.15) is 17.5 Å². The molecule has 0 saturated heterocycles. The predicted octanol–water partition coefficient (Wildman–Crippen LogP) is 6.21. The Morgan fingerprint density at radius 3 is 2.61 bits per heavy atom. The van der Waals surface area contributed by atoms with Gasteiger partial charge in [0.25, 0.3) is 0 Å². The van der Waals surface area contributed by atoms with Gasteiger partial charge in [0.05, 0.1) is 13.5 Å². The van der Waals surface area contributed by atoms with Gasteiger partial charge in [0.15, 0.2) is 0 Å². The molecule has 7 nitrogen and oxygen atoms in total. The number of hydrogen-bond acceptors (Lipinski definition) is 6. The number of aromatic nitrogens is 1. The van der Waals surface area contributed by atoms with Gasteiger partial charge in [-0.2, -0.15) is 0 Å². The number of nitrogens with one attached hydrogen (secondary N) is 1. The van der Waals surface area contributed by atoms with E-state index in [1.807, 2.05) is 48.5 Å². The number of anilines is 1. The lowest BCUT2D eigenvalue weighted by atomic mass is 10.0. The lowest BCUT2D eigenvalue weighted by molar-refractivity contribution is -0.139. The molecule has 4 rings (SSSR count). The van der Waals surface area contributed by atoms with Crippen LogP contribution in [0.5, 0.6) is 0 Å². The van der Waals surface area contributed by atoms with Crippen molar-refractivity contribution in [2.45, 2.75) is 26.4 Å². The van der Waals surface area contributed by atoms with Gasteiger partial charge in [-0.25, -0.2) is 4.79 Å². The lowest BCUT2D eigenvalue weighted by Crippen LogP contribution is -2.17. The van der Waals surface area contributed by atoms with Gasteiger partial charge in [-0.05, 0) is 54.3 Å². The lowest BCUT2D eigenvalue weighted by Gasteiger charge is -2.15. The molecule has 0 radical (unpaired) electrons. The minimum Gasteiger partial charge on any atom is -0.469 e. The van der Waals surface area contributed by atoms with E-state index < -0.39 is 12.2 Å². The second-order valence-corrected chi connectivity index (χ2v) is 8.47. The average Bonchev–Trinajstić information content (AvgIpc) is 3.21. The standard InChI is InChI=1S/C28H23ClN2O5/c1-17-27(30-28(33)35-18(2)23-6-4-5-7-24(23)29)25(36-31-17)13-10-19-8-11-22-15-20(16-26(32)34-3)9-12-21(22)14-19/h4-9,11-12,14-15,18H,16H2,1-3H3,(H,30,33)/t18-/m1/s1. The second kappa shape index (κ2) is 11.0. The summed E-state index contributed by atoms with van der Waals surface area (Å²) in [7, 11) is 1.37. The normalized spacial score (nSPS) is 11.3. The van der Waals surface area contributed by atoms with Crippen LogP contribution in [0.3, 0.4) is 0 Å². The molecule has 0 fully saturated rings. The molecule has 0 aliphatic carbocycles. The maximum atomic E-state index is 12.5. The van der Waals surface area contributed by atoms with Crippen LogP contribution in [0, 0.1) is 18.8 Å². The van der Waals surface area contributed by atoms with Crippen LogP contribution >= 0.6 is 11.6 Å². The van der Waals surface area contributed by atoms with Gasteiger partial charge in [0.2, 0.25) is 5.76 Å². The van der Waals surface area contributed by atoms with Crippen LogP contribution < -0.4 is 5.32 Å². The van der Waals surface area contributed by atoms with Crippen molar-refractivity contribution in [1.82, 2.24) is 5.16 Å². The molecule has 0 aliphatic rings. The molecule has 1 atom stereocenters. The van der Waals surface area contributed by atoms with Crippen LogP contribution in [-0.2, 0) is 20.7 Å². The highest BCUT2D eigenvalue weighted by atomic mass is 35.5. The molecule has 36 heavy (non-hydrogen) atoms. The van der Waals surface area contributed by atoms with E-state index in [2.05, 4.69) is 22.3 Å². The number of fused-ring (bicyclic) bond motifs is 1. The van der Waals surface area contributed by atoms with Crippen LogP contribution in [0.2, 0.25) is 5.02 Å². The Hall–Kier alpha value is -4.28. The highest BCUT2D eigenvalue weighted by Gasteiger charge is 2.19. The Morgan fingerprint density at radius 2 is 1.83 bits per heavy atom. The van der Waals surface area contributed by atoms with Gasteiger partial charge in [-0.3, -0.25) is 10.1 Å². The fourth-order valence-corrected chi connectivity index (χ4v) is 3.90. The van der Waals surface area contributed by atoms with Crippen molar-refractivity contribution in [3.05, 3.63) is 93.8 Å². The Balaban J connectivity index is 1.49. The van der Waals surface area contributed by atoms with E-state index in [-0.39, 0.29) is 18.2 Å². The molecule has 1 amide bonds. The summed E-state index contributed by atoms with van der Waals surface area (Å²) in [5.74, 6) is 5.90. The molecule has 4 aromatic rings. The molecule has 0 bridgehead atoms. The van der Waals surface area contributed by atoms with E-state index in [9.17, 15) is 9.59 Å². The zero-order chi connectivity index (χ0) is 25.7. The van der Waals surface area contributed by atoms with Gasteiger partial charge in [-0.1, -0.05) is 65.1 Å². The average molecular weight is 503 g/mol. The highest BCUT2D eigenvalue weighted by Crippen LogP contribution is 2.26. The predicted molar refractivity (Wildman–Crippen MR) is 137 cm³/mol. The van der Waals surface area contributed by atoms with Crippen molar-refractivity contribution in [1.29, 1.82) is 0 Å². The van der Waals surface area contributed by atoms with E-state index >= 15 is 0 Å². The second-order valence-electron chi connectivity index (χ2n) is 8.07. The summed E-state index contributed by atoms with van der Waals surface area (Å²) in [5.41, 5.74) is 3.13. The Labute approximate surface area is 213 Å². The molecule has 182 valence electrons. The Bertz CT molecular complexity index is 1500. The number of nitrogens with zero attached hydrogens (tertiary/aromatic N) is 1. The Kier molecular flexibility index (Phi) is 7.57. The number of amides is 1.